The van der Waals surface area contributed by atoms with Gasteiger partial charge >= 0.3 is 0 Å². The van der Waals surface area contributed by atoms with E-state index in [4.69, 9.17) is 0 Å². The Hall–Kier alpha value is -5.22. The Morgan fingerprint density at radius 2 is 1.19 bits per heavy atom. The molecule has 4 heteroatoms. The van der Waals surface area contributed by atoms with Crippen LogP contribution in [0, 0.1) is 27.7 Å². The lowest BCUT2D eigenvalue weighted by atomic mass is 9.33. The van der Waals surface area contributed by atoms with E-state index in [-0.39, 0.29) is 17.7 Å². The first kappa shape index (κ1) is 31.5. The summed E-state index contributed by atoms with van der Waals surface area (Å²) in [5.74, 6) is 0. The fraction of sp³-hybridized carbons (Fsp3) is 0.250. The molecule has 0 amide bonds. The Balaban J connectivity index is 1.35. The van der Waals surface area contributed by atoms with E-state index >= 15 is 0 Å². The zero-order chi connectivity index (χ0) is 35.5. The third-order valence-electron chi connectivity index (χ3n) is 13.1. The highest BCUT2D eigenvalue weighted by Gasteiger charge is 2.61. The van der Waals surface area contributed by atoms with Gasteiger partial charge in [0.05, 0.1) is 11.2 Å². The first-order valence-corrected chi connectivity index (χ1v) is 19.2. The lowest BCUT2D eigenvalue weighted by molar-refractivity contribution is 0.195. The van der Waals surface area contributed by atoms with Crippen molar-refractivity contribution in [2.24, 2.45) is 0 Å². The van der Waals surface area contributed by atoms with Crippen LogP contribution < -0.4 is 31.1 Å². The van der Waals surface area contributed by atoms with Crippen LogP contribution in [0.25, 0.3) is 0 Å². The lowest BCUT2D eigenvalue weighted by Crippen LogP contribution is -2.64. The summed E-state index contributed by atoms with van der Waals surface area (Å²) in [6.07, 6.45) is 4.93. The Bertz CT molecular complexity index is 2400. The van der Waals surface area contributed by atoms with Gasteiger partial charge in [0.2, 0.25) is 0 Å². The number of fused-ring (bicyclic) bond motifs is 7. The number of hydrogen-bond acceptors (Lipinski definition) is 3. The molecule has 1 aliphatic carbocycles. The Labute approximate surface area is 309 Å². The second kappa shape index (κ2) is 11.1. The molecule has 6 aromatic carbocycles. The molecule has 52 heavy (non-hydrogen) atoms. The van der Waals surface area contributed by atoms with Crippen LogP contribution in [0.4, 0.5) is 45.5 Å². The summed E-state index contributed by atoms with van der Waals surface area (Å²) in [5, 5.41) is 0. The molecule has 1 fully saturated rings. The topological polar surface area (TPSA) is 9.72 Å². The first-order chi connectivity index (χ1) is 25.2. The average molecular weight is 676 g/mol. The average Bonchev–Trinajstić information content (AvgIpc) is 3.34. The van der Waals surface area contributed by atoms with Gasteiger partial charge in [-0.3, -0.25) is 0 Å². The van der Waals surface area contributed by atoms with E-state index < -0.39 is 0 Å². The maximum atomic E-state index is 2.84. The number of hydrogen-bond donors (Lipinski definition) is 0. The molecule has 3 aliphatic heterocycles. The van der Waals surface area contributed by atoms with Crippen molar-refractivity contribution < 1.29 is 0 Å². The molecule has 0 bridgehead atoms. The van der Waals surface area contributed by atoms with Crippen LogP contribution in [-0.4, -0.2) is 12.3 Å². The van der Waals surface area contributed by atoms with Crippen molar-refractivity contribution in [3.05, 3.63) is 149 Å². The Morgan fingerprint density at radius 1 is 0.558 bits per heavy atom. The van der Waals surface area contributed by atoms with Gasteiger partial charge in [-0.1, -0.05) is 86.5 Å². The van der Waals surface area contributed by atoms with E-state index in [0.717, 1.165) is 0 Å². The molecule has 10 rings (SSSR count). The molecule has 0 spiro atoms. The Morgan fingerprint density at radius 3 is 1.90 bits per heavy atom. The van der Waals surface area contributed by atoms with Crippen LogP contribution >= 0.6 is 0 Å². The summed E-state index contributed by atoms with van der Waals surface area (Å²) in [7, 11) is 0. The predicted octanol–water partition coefficient (Wildman–Crippen LogP) is 10.7. The minimum Gasteiger partial charge on any atom is -0.335 e. The molecule has 6 aromatic rings. The van der Waals surface area contributed by atoms with Gasteiger partial charge in [0.1, 0.15) is 0 Å². The Kier molecular flexibility index (Phi) is 6.75. The van der Waals surface area contributed by atoms with Crippen molar-refractivity contribution in [3.8, 4) is 0 Å². The van der Waals surface area contributed by atoms with Crippen LogP contribution in [0.5, 0.6) is 0 Å². The fourth-order valence-electron chi connectivity index (χ4n) is 10.5. The van der Waals surface area contributed by atoms with Crippen LogP contribution in [0.2, 0.25) is 0 Å². The van der Waals surface area contributed by atoms with E-state index in [0.29, 0.717) is 0 Å². The highest BCUT2D eigenvalue weighted by molar-refractivity contribution is 7.00. The molecule has 2 unspecified atom stereocenters. The third kappa shape index (κ3) is 4.27. The van der Waals surface area contributed by atoms with Gasteiger partial charge < -0.3 is 14.7 Å². The summed E-state index contributed by atoms with van der Waals surface area (Å²) in [4.78, 5) is 7.91. The maximum Gasteiger partial charge on any atom is 0.252 e. The predicted molar refractivity (Wildman–Crippen MR) is 222 cm³/mol. The molecule has 256 valence electrons. The second-order valence-corrected chi connectivity index (χ2v) is 16.5. The minimum atomic E-state index is -0.0414. The quantitative estimate of drug-likeness (QED) is 0.172. The smallest absolute Gasteiger partial charge is 0.252 e. The second-order valence-electron chi connectivity index (χ2n) is 16.5. The van der Waals surface area contributed by atoms with Crippen molar-refractivity contribution in [3.63, 3.8) is 0 Å². The molecular formula is C48H46BN3. The van der Waals surface area contributed by atoms with E-state index in [1.54, 1.807) is 0 Å². The lowest BCUT2D eigenvalue weighted by Gasteiger charge is -2.53. The van der Waals surface area contributed by atoms with E-state index in [1.165, 1.54) is 115 Å². The molecule has 3 nitrogen and oxygen atoms in total. The van der Waals surface area contributed by atoms with Crippen molar-refractivity contribution in [2.75, 3.05) is 14.7 Å². The minimum absolute atomic E-state index is 0.0414. The van der Waals surface area contributed by atoms with Crippen molar-refractivity contribution in [1.29, 1.82) is 0 Å². The van der Waals surface area contributed by atoms with Gasteiger partial charge in [0, 0.05) is 45.2 Å². The van der Waals surface area contributed by atoms with Crippen molar-refractivity contribution in [2.45, 2.75) is 78.2 Å². The fourth-order valence-corrected chi connectivity index (χ4v) is 10.5. The molecule has 0 saturated heterocycles. The van der Waals surface area contributed by atoms with Gasteiger partial charge in [-0.25, -0.2) is 0 Å². The van der Waals surface area contributed by atoms with Crippen LogP contribution in [0.15, 0.2) is 121 Å². The van der Waals surface area contributed by atoms with Crippen LogP contribution in [-0.2, 0) is 5.41 Å². The van der Waals surface area contributed by atoms with Gasteiger partial charge in [-0.05, 0) is 146 Å². The molecule has 0 aromatic heterocycles. The number of rotatable bonds is 4. The van der Waals surface area contributed by atoms with Gasteiger partial charge in [-0.15, -0.1) is 0 Å². The number of aryl methyl sites for hydroxylation is 4. The molecule has 2 atom stereocenters. The summed E-state index contributed by atoms with van der Waals surface area (Å²) < 4.78 is 0. The van der Waals surface area contributed by atoms with E-state index in [9.17, 15) is 0 Å². The van der Waals surface area contributed by atoms with E-state index in [1.807, 2.05) is 0 Å². The first-order valence-electron chi connectivity index (χ1n) is 19.2. The molecule has 4 aliphatic rings. The largest absolute Gasteiger partial charge is 0.335 e. The molecule has 0 N–H and O–H groups in total. The van der Waals surface area contributed by atoms with Crippen LogP contribution in [0.1, 0.15) is 67.3 Å². The van der Waals surface area contributed by atoms with Gasteiger partial charge in [0.15, 0.2) is 0 Å². The highest BCUT2D eigenvalue weighted by atomic mass is 15.3. The SMILES string of the molecule is Cc1cccc(N(c2cccc(C)c2)c2cc3c4c(c2)N2c5c(cccc5C5(C)CCCCC25C)B4c2ccc(C)cc2N3c2cccc(C)c2)c1. The summed E-state index contributed by atoms with van der Waals surface area (Å²) >= 11 is 0. The van der Waals surface area contributed by atoms with E-state index in [2.05, 4.69) is 178 Å². The molecular weight excluding hydrogens is 629 g/mol. The summed E-state index contributed by atoms with van der Waals surface area (Å²) in [6, 6.07) is 46.5. The van der Waals surface area contributed by atoms with Crippen LogP contribution in [0.3, 0.4) is 0 Å². The standard InChI is InChI=1S/C48H46BN3/c1-31-13-9-16-35(25-31)50(36-17-10-14-32(2)26-36)38-29-43-45-44(30-38)52-46-39(47(5)23-7-8-24-48(47,52)6)19-12-20-41(46)49(45)40-22-21-34(4)28-42(40)51(43)37-18-11-15-33(3)27-37/h9-22,25-30H,7-8,23-24H2,1-6H3. The number of nitrogens with zero attached hydrogens (tertiary/aromatic N) is 3. The number of para-hydroxylation sites is 1. The summed E-state index contributed by atoms with van der Waals surface area (Å²) in [6.45, 7) is 14.1. The monoisotopic (exact) mass is 675 g/mol. The summed E-state index contributed by atoms with van der Waals surface area (Å²) in [5.41, 5.74) is 21.0. The normalized spacial score (nSPS) is 20.6. The number of anilines is 8. The van der Waals surface area contributed by atoms with Crippen molar-refractivity contribution >= 4 is 68.6 Å². The molecule has 1 saturated carbocycles. The van der Waals surface area contributed by atoms with Gasteiger partial charge in [-0.2, -0.15) is 0 Å². The van der Waals surface area contributed by atoms with Gasteiger partial charge in [0.25, 0.3) is 6.71 Å². The third-order valence-corrected chi connectivity index (χ3v) is 13.1. The molecule has 3 heterocycles. The number of benzene rings is 6. The maximum absolute atomic E-state index is 2.84. The highest BCUT2D eigenvalue weighted by Crippen LogP contribution is 2.62. The zero-order valence-electron chi connectivity index (χ0n) is 31.3. The zero-order valence-corrected chi connectivity index (χ0v) is 31.3. The molecule has 0 radical (unpaired) electrons. The van der Waals surface area contributed by atoms with Crippen molar-refractivity contribution in [1.82, 2.24) is 0 Å².